The number of aliphatic hydroxyl groups is 2. The summed E-state index contributed by atoms with van der Waals surface area (Å²) in [7, 11) is 2.84. The Hall–Kier alpha value is -3.57. The van der Waals surface area contributed by atoms with Gasteiger partial charge in [-0.3, -0.25) is 4.79 Å². The van der Waals surface area contributed by atoms with Crippen LogP contribution in [-0.4, -0.2) is 78.5 Å². The van der Waals surface area contributed by atoms with E-state index < -0.39 is 60.1 Å². The Morgan fingerprint density at radius 3 is 2.25 bits per heavy atom. The van der Waals surface area contributed by atoms with E-state index in [4.69, 9.17) is 23.7 Å². The van der Waals surface area contributed by atoms with Gasteiger partial charge in [0, 0.05) is 43.1 Å². The molecule has 1 saturated heterocycles. The molecular formula is C42H60O10. The Kier molecular flexibility index (Phi) is 15.6. The summed E-state index contributed by atoms with van der Waals surface area (Å²) in [6, 6.07) is 8.66. The number of aliphatic hydroxyl groups excluding tert-OH is 1. The van der Waals surface area contributed by atoms with Gasteiger partial charge < -0.3 is 33.9 Å². The first-order valence-electron chi connectivity index (χ1n) is 18.3. The third-order valence-electron chi connectivity index (χ3n) is 10.5. The molecule has 2 aliphatic rings. The number of cyclic esters (lactones) is 1. The number of ketones is 1. The zero-order chi connectivity index (χ0) is 38.9. The minimum atomic E-state index is -1.90. The van der Waals surface area contributed by atoms with E-state index in [1.165, 1.54) is 20.3 Å². The van der Waals surface area contributed by atoms with Crippen molar-refractivity contribution in [2.45, 2.75) is 111 Å². The minimum absolute atomic E-state index is 0.0454. The monoisotopic (exact) mass is 724 g/mol. The fourth-order valence-corrected chi connectivity index (χ4v) is 7.30. The van der Waals surface area contributed by atoms with Crippen molar-refractivity contribution < 1.29 is 48.3 Å². The summed E-state index contributed by atoms with van der Waals surface area (Å²) in [6.45, 7) is 16.7. The topological polar surface area (TPSA) is 138 Å². The molecule has 0 aliphatic carbocycles. The number of ether oxygens (including phenoxy) is 5. The molecule has 1 fully saturated rings. The van der Waals surface area contributed by atoms with Gasteiger partial charge in [-0.05, 0) is 44.4 Å². The summed E-state index contributed by atoms with van der Waals surface area (Å²) in [5.74, 6) is -5.83. The maximum Gasteiger partial charge on any atom is 0.373 e. The number of benzene rings is 1. The van der Waals surface area contributed by atoms with Gasteiger partial charge in [0.15, 0.2) is 5.79 Å². The van der Waals surface area contributed by atoms with Crippen LogP contribution < -0.4 is 0 Å². The van der Waals surface area contributed by atoms with Crippen molar-refractivity contribution in [2.24, 2.45) is 35.5 Å². The molecule has 2 N–H and O–H groups in total. The Labute approximate surface area is 309 Å². The molecule has 0 spiro atoms. The first kappa shape index (κ1) is 42.8. The maximum absolute atomic E-state index is 13.7. The summed E-state index contributed by atoms with van der Waals surface area (Å²) in [5.41, 5.74) is 2.03. The predicted molar refractivity (Wildman–Crippen MR) is 199 cm³/mol. The van der Waals surface area contributed by atoms with E-state index in [0.717, 1.165) is 5.57 Å². The Balaban J connectivity index is 2.00. The molecule has 0 unspecified atom stereocenters. The van der Waals surface area contributed by atoms with Crippen molar-refractivity contribution in [3.63, 3.8) is 0 Å². The number of hydrogen-bond acceptors (Lipinski definition) is 10. The minimum Gasteiger partial charge on any atom is -0.490 e. The number of Topliss-reactive ketones (excluding diaryl/α,β-unsaturated/α-hetero) is 1. The van der Waals surface area contributed by atoms with Gasteiger partial charge in [0.1, 0.15) is 24.1 Å². The zero-order valence-corrected chi connectivity index (χ0v) is 32.7. The lowest BCUT2D eigenvalue weighted by Crippen LogP contribution is -2.59. The van der Waals surface area contributed by atoms with Crippen LogP contribution in [0, 0.1) is 35.5 Å². The number of hydrogen-bond donors (Lipinski definition) is 2. The highest BCUT2D eigenvalue weighted by molar-refractivity contribution is 5.89. The molecule has 10 nitrogen and oxygen atoms in total. The molecule has 0 radical (unpaired) electrons. The molecule has 10 heteroatoms. The van der Waals surface area contributed by atoms with Crippen molar-refractivity contribution >= 4 is 17.7 Å². The molecule has 0 amide bonds. The third kappa shape index (κ3) is 10.7. The fourth-order valence-electron chi connectivity index (χ4n) is 7.30. The molecule has 1 aromatic rings. The highest BCUT2D eigenvalue weighted by Crippen LogP contribution is 2.43. The molecule has 2 heterocycles. The van der Waals surface area contributed by atoms with Crippen LogP contribution in [0.1, 0.15) is 85.5 Å². The van der Waals surface area contributed by atoms with E-state index in [9.17, 15) is 24.6 Å². The number of carbonyl (C=O) groups excluding carboxylic acids is 3. The predicted octanol–water partition coefficient (Wildman–Crippen LogP) is 6.77. The van der Waals surface area contributed by atoms with Crippen LogP contribution >= 0.6 is 0 Å². The van der Waals surface area contributed by atoms with Crippen LogP contribution in [0.25, 0.3) is 0 Å². The van der Waals surface area contributed by atoms with Crippen LogP contribution in [0.15, 0.2) is 77.6 Å². The first-order valence-corrected chi connectivity index (χ1v) is 18.3. The van der Waals surface area contributed by atoms with Crippen LogP contribution in [0.2, 0.25) is 0 Å². The van der Waals surface area contributed by atoms with Crippen molar-refractivity contribution in [1.29, 1.82) is 0 Å². The smallest absolute Gasteiger partial charge is 0.373 e. The fraction of sp³-hybridized carbons (Fsp3) is 0.595. The largest absolute Gasteiger partial charge is 0.490 e. The second-order valence-corrected chi connectivity index (χ2v) is 15.1. The van der Waals surface area contributed by atoms with Crippen molar-refractivity contribution in [3.8, 4) is 0 Å². The lowest BCUT2D eigenvalue weighted by molar-refractivity contribution is -0.328. The highest BCUT2D eigenvalue weighted by Gasteiger charge is 2.53. The number of allylic oxidation sites excluding steroid dienone is 6. The molecule has 288 valence electrons. The highest BCUT2D eigenvalue weighted by atomic mass is 16.6. The Morgan fingerprint density at radius 2 is 1.65 bits per heavy atom. The van der Waals surface area contributed by atoms with Gasteiger partial charge >= 0.3 is 11.9 Å². The SMILES string of the molecule is CO/C1=C\C(C)=C\[C@@H](C)C(=O)[C@@H](C)C/C(C)=C/C=C/[C@H](OC)[C@@H]([C@@H](C)[C@@H](O)[C@H](C)[C@@]2(O)C[C@@H](OC(=O)c3ccccc3)[C@H](C)[C@@H](C(C)C)O2)OC1=O. The number of carbonyl (C=O) groups is 3. The summed E-state index contributed by atoms with van der Waals surface area (Å²) < 4.78 is 29.7. The van der Waals surface area contributed by atoms with E-state index in [1.54, 1.807) is 63.3 Å². The van der Waals surface area contributed by atoms with Gasteiger partial charge in [0.2, 0.25) is 5.76 Å². The molecule has 2 aliphatic heterocycles. The number of esters is 2. The second kappa shape index (κ2) is 19.0. The summed E-state index contributed by atoms with van der Waals surface area (Å²) in [4.78, 5) is 39.9. The lowest BCUT2D eigenvalue weighted by Gasteiger charge is -2.50. The number of rotatable bonds is 9. The van der Waals surface area contributed by atoms with E-state index in [-0.39, 0.29) is 41.6 Å². The molecule has 52 heavy (non-hydrogen) atoms. The van der Waals surface area contributed by atoms with Crippen molar-refractivity contribution in [2.75, 3.05) is 14.2 Å². The second-order valence-electron chi connectivity index (χ2n) is 15.1. The molecule has 3 rings (SSSR count). The zero-order valence-electron chi connectivity index (χ0n) is 32.7. The van der Waals surface area contributed by atoms with E-state index in [2.05, 4.69) is 0 Å². The maximum atomic E-state index is 13.7. The van der Waals surface area contributed by atoms with Gasteiger partial charge in [0.05, 0.1) is 24.9 Å². The summed E-state index contributed by atoms with van der Waals surface area (Å²) >= 11 is 0. The van der Waals surface area contributed by atoms with Crippen LogP contribution in [0.5, 0.6) is 0 Å². The molecule has 0 bridgehead atoms. The van der Waals surface area contributed by atoms with Crippen molar-refractivity contribution in [1.82, 2.24) is 0 Å². The Bertz CT molecular complexity index is 1490. The first-order chi connectivity index (χ1) is 24.4. The van der Waals surface area contributed by atoms with Gasteiger partial charge in [-0.1, -0.05) is 102 Å². The van der Waals surface area contributed by atoms with Crippen LogP contribution in [0.3, 0.4) is 0 Å². The summed E-state index contributed by atoms with van der Waals surface area (Å²) in [6.07, 6.45) is 4.86. The molecule has 11 atom stereocenters. The normalized spacial score (nSPS) is 35.0. The quantitative estimate of drug-likeness (QED) is 0.263. The van der Waals surface area contributed by atoms with Crippen LogP contribution in [-0.2, 0) is 33.3 Å². The van der Waals surface area contributed by atoms with Crippen LogP contribution in [0.4, 0.5) is 0 Å². The van der Waals surface area contributed by atoms with Gasteiger partial charge in [-0.15, -0.1) is 0 Å². The van der Waals surface area contributed by atoms with Gasteiger partial charge in [-0.25, -0.2) is 9.59 Å². The van der Waals surface area contributed by atoms with E-state index in [0.29, 0.717) is 17.6 Å². The average molecular weight is 725 g/mol. The van der Waals surface area contributed by atoms with Gasteiger partial charge in [-0.2, -0.15) is 0 Å². The Morgan fingerprint density at radius 1 is 1.00 bits per heavy atom. The summed E-state index contributed by atoms with van der Waals surface area (Å²) in [5, 5.41) is 24.2. The molecular weight excluding hydrogens is 664 g/mol. The van der Waals surface area contributed by atoms with E-state index in [1.807, 2.05) is 53.7 Å². The third-order valence-corrected chi connectivity index (χ3v) is 10.5. The lowest BCUT2D eigenvalue weighted by atomic mass is 9.76. The van der Waals surface area contributed by atoms with Crippen molar-refractivity contribution in [3.05, 3.63) is 83.2 Å². The molecule has 1 aromatic carbocycles. The van der Waals surface area contributed by atoms with Gasteiger partial charge in [0.25, 0.3) is 0 Å². The van der Waals surface area contributed by atoms with E-state index >= 15 is 0 Å². The average Bonchev–Trinajstić information content (AvgIpc) is 3.11. The molecule has 0 saturated carbocycles. The molecule has 0 aromatic heterocycles. The standard InChI is InChI=1S/C42H60O10/c1-24(2)38-29(7)35(50-40(45)32-17-13-12-14-18-32)23-42(47,52-38)31(9)37(44)30(8)39-33(48-10)19-15-16-25(3)20-27(5)36(43)28(6)21-26(4)22-34(49-11)41(46)51-39/h12-19,21-22,24,27-31,33,35,37-39,44,47H,20,23H2,1-11H3/b19-15+,25-16+,26-21+,34-22-/t27-,28+,29-,30-,31-,33-,35+,37+,38+,39+,42+/m0/s1. The number of methoxy groups -OCH3 is 2.